The zero-order valence-electron chi connectivity index (χ0n) is 18.4. The fraction of sp³-hybridized carbons (Fsp3) is 0.500. The van der Waals surface area contributed by atoms with Crippen molar-refractivity contribution in [3.05, 3.63) is 65.6 Å². The molecule has 1 aliphatic carbocycles. The molecule has 8 heteroatoms. The summed E-state index contributed by atoms with van der Waals surface area (Å²) in [5, 5.41) is 0. The number of ether oxygens (including phenoxy) is 1. The van der Waals surface area contributed by atoms with Gasteiger partial charge >= 0.3 is 0 Å². The molecule has 1 saturated carbocycles. The fourth-order valence-electron chi connectivity index (χ4n) is 4.95. The van der Waals surface area contributed by atoms with Gasteiger partial charge in [0.2, 0.25) is 15.7 Å². The zero-order valence-corrected chi connectivity index (χ0v) is 19.2. The lowest BCUT2D eigenvalue weighted by Crippen LogP contribution is -2.48. The van der Waals surface area contributed by atoms with Gasteiger partial charge in [-0.2, -0.15) is 0 Å². The van der Waals surface area contributed by atoms with E-state index in [4.69, 9.17) is 11.3 Å². The molecule has 2 atom stereocenters. The highest BCUT2D eigenvalue weighted by atomic mass is 32.2. The predicted octanol–water partition coefficient (Wildman–Crippen LogP) is 3.87. The summed E-state index contributed by atoms with van der Waals surface area (Å²) >= 11 is 0. The minimum Gasteiger partial charge on any atom is -0.376 e. The summed E-state index contributed by atoms with van der Waals surface area (Å²) in [7, 11) is -3.36. The van der Waals surface area contributed by atoms with Gasteiger partial charge in [-0.15, -0.1) is 0 Å². The van der Waals surface area contributed by atoms with Crippen molar-refractivity contribution in [2.24, 2.45) is 0 Å². The molecule has 7 nitrogen and oxygen atoms in total. The van der Waals surface area contributed by atoms with Crippen molar-refractivity contribution in [2.75, 3.05) is 24.3 Å². The number of rotatable bonds is 7. The molecule has 0 unspecified atom stereocenters. The number of benzene rings is 1. The average Bonchev–Trinajstić information content (AvgIpc) is 3.19. The molecule has 32 heavy (non-hydrogen) atoms. The van der Waals surface area contributed by atoms with Crippen LogP contribution in [-0.2, 0) is 14.8 Å². The molecule has 0 bridgehead atoms. The number of hydrogen-bond donors (Lipinski definition) is 1. The van der Waals surface area contributed by atoms with E-state index >= 15 is 0 Å². The van der Waals surface area contributed by atoms with Crippen LogP contribution < -0.4 is 9.62 Å². The highest BCUT2D eigenvalue weighted by molar-refractivity contribution is 7.88. The van der Waals surface area contributed by atoms with Gasteiger partial charge in [-0.1, -0.05) is 42.5 Å². The maximum atomic E-state index is 11.9. The van der Waals surface area contributed by atoms with E-state index in [-0.39, 0.29) is 18.2 Å². The monoisotopic (exact) mass is 454 g/mol. The Morgan fingerprint density at radius 3 is 2.56 bits per heavy atom. The van der Waals surface area contributed by atoms with Crippen LogP contribution in [0.1, 0.15) is 43.6 Å². The molecule has 1 aliphatic heterocycles. The normalized spacial score (nSPS) is 26.1. The molecular weight excluding hydrogens is 424 g/mol. The summed E-state index contributed by atoms with van der Waals surface area (Å²) in [5.41, 5.74) is 1.87. The summed E-state index contributed by atoms with van der Waals surface area (Å²) < 4.78 is 33.0. The van der Waals surface area contributed by atoms with Crippen LogP contribution in [0.4, 0.5) is 11.5 Å². The minimum absolute atomic E-state index is 0.167. The summed E-state index contributed by atoms with van der Waals surface area (Å²) in [5.74, 6) is 1.18. The number of nitrogens with one attached hydrogen (secondary N) is 1. The van der Waals surface area contributed by atoms with Crippen molar-refractivity contribution >= 4 is 21.5 Å². The Morgan fingerprint density at radius 2 is 1.88 bits per heavy atom. The highest BCUT2D eigenvalue weighted by Gasteiger charge is 2.38. The van der Waals surface area contributed by atoms with E-state index in [0.717, 1.165) is 25.7 Å². The Balaban J connectivity index is 1.43. The molecule has 1 saturated heterocycles. The topological polar surface area (TPSA) is 75.9 Å². The van der Waals surface area contributed by atoms with Gasteiger partial charge in [0.15, 0.2) is 0 Å². The van der Waals surface area contributed by atoms with Crippen LogP contribution in [-0.4, -0.2) is 51.0 Å². The van der Waals surface area contributed by atoms with Crippen LogP contribution in [0.5, 0.6) is 0 Å². The SMILES string of the molecule is [C-]#[N+]c1cccnc1N1CC[C@H](NS(C)(=O)=O)[C@@H]1COC1CCC(c2ccccc2)CC1. The van der Waals surface area contributed by atoms with E-state index in [9.17, 15) is 8.42 Å². The van der Waals surface area contributed by atoms with Crippen molar-refractivity contribution in [3.8, 4) is 0 Å². The lowest BCUT2D eigenvalue weighted by atomic mass is 9.83. The van der Waals surface area contributed by atoms with Crippen molar-refractivity contribution in [3.63, 3.8) is 0 Å². The minimum atomic E-state index is -3.36. The van der Waals surface area contributed by atoms with Crippen LogP contribution in [0.25, 0.3) is 4.85 Å². The lowest BCUT2D eigenvalue weighted by Gasteiger charge is -2.33. The number of sulfonamides is 1. The fourth-order valence-corrected chi connectivity index (χ4v) is 5.78. The second kappa shape index (κ2) is 9.99. The van der Waals surface area contributed by atoms with Crippen LogP contribution in [0.15, 0.2) is 48.7 Å². The predicted molar refractivity (Wildman–Crippen MR) is 125 cm³/mol. The first-order valence-electron chi connectivity index (χ1n) is 11.2. The number of nitrogens with zero attached hydrogens (tertiary/aromatic N) is 3. The molecule has 1 N–H and O–H groups in total. The Morgan fingerprint density at radius 1 is 1.12 bits per heavy atom. The molecule has 2 aromatic rings. The van der Waals surface area contributed by atoms with Crippen LogP contribution in [0, 0.1) is 6.57 Å². The largest absolute Gasteiger partial charge is 0.376 e. The van der Waals surface area contributed by atoms with Crippen LogP contribution >= 0.6 is 0 Å². The van der Waals surface area contributed by atoms with Crippen molar-refractivity contribution in [2.45, 2.75) is 56.2 Å². The quantitative estimate of drug-likeness (QED) is 0.643. The Kier molecular flexibility index (Phi) is 7.09. The molecule has 2 aliphatic rings. The van der Waals surface area contributed by atoms with E-state index in [2.05, 4.69) is 38.8 Å². The van der Waals surface area contributed by atoms with Gasteiger partial charge in [0.1, 0.15) is 5.82 Å². The van der Waals surface area contributed by atoms with E-state index in [1.54, 1.807) is 18.3 Å². The highest BCUT2D eigenvalue weighted by Crippen LogP contribution is 2.36. The molecule has 1 aromatic heterocycles. The molecule has 0 radical (unpaired) electrons. The van der Waals surface area contributed by atoms with Crippen molar-refractivity contribution in [1.29, 1.82) is 0 Å². The summed E-state index contributed by atoms with van der Waals surface area (Å²) in [4.78, 5) is 10.1. The molecule has 2 heterocycles. The lowest BCUT2D eigenvalue weighted by molar-refractivity contribution is 0.0156. The average molecular weight is 455 g/mol. The van der Waals surface area contributed by atoms with E-state index in [1.807, 2.05) is 11.0 Å². The van der Waals surface area contributed by atoms with Gasteiger partial charge in [-0.3, -0.25) is 4.98 Å². The molecule has 0 spiro atoms. The Bertz CT molecular complexity index is 1050. The third-order valence-electron chi connectivity index (χ3n) is 6.52. The number of hydrogen-bond acceptors (Lipinski definition) is 5. The summed E-state index contributed by atoms with van der Waals surface area (Å²) in [6.45, 7) is 8.51. The second-order valence-electron chi connectivity index (χ2n) is 8.72. The van der Waals surface area contributed by atoms with Gasteiger partial charge < -0.3 is 9.64 Å². The molecule has 1 aromatic carbocycles. The number of pyridine rings is 1. The zero-order chi connectivity index (χ0) is 22.6. The Hall–Kier alpha value is -2.47. The van der Waals surface area contributed by atoms with Gasteiger partial charge in [-0.25, -0.2) is 18.0 Å². The maximum absolute atomic E-state index is 11.9. The van der Waals surface area contributed by atoms with E-state index < -0.39 is 10.0 Å². The van der Waals surface area contributed by atoms with E-state index in [0.29, 0.717) is 37.0 Å². The van der Waals surface area contributed by atoms with Gasteiger partial charge in [0.05, 0.1) is 31.6 Å². The van der Waals surface area contributed by atoms with Crippen LogP contribution in [0.3, 0.4) is 0 Å². The van der Waals surface area contributed by atoms with Gasteiger partial charge in [0, 0.05) is 18.8 Å². The smallest absolute Gasteiger partial charge is 0.228 e. The maximum Gasteiger partial charge on any atom is 0.228 e. The molecule has 2 fully saturated rings. The molecule has 0 amide bonds. The standard InChI is InChI=1S/C24H30N4O3S/c1-25-22-9-6-15-26-24(22)28-16-14-21(27-32(2,29)30)23(28)17-31-20-12-10-19(11-13-20)18-7-4-3-5-8-18/h3-9,15,19-21,23,27H,10-14,16-17H2,2H3/t19?,20?,21-,23-/m0/s1. The summed E-state index contributed by atoms with van der Waals surface area (Å²) in [6, 6.07) is 13.7. The summed E-state index contributed by atoms with van der Waals surface area (Å²) in [6.07, 6.45) is 7.84. The van der Waals surface area contributed by atoms with E-state index in [1.165, 1.54) is 11.8 Å². The number of anilines is 1. The molecule has 170 valence electrons. The first-order chi connectivity index (χ1) is 15.4. The first kappa shape index (κ1) is 22.7. The van der Waals surface area contributed by atoms with Crippen molar-refractivity contribution in [1.82, 2.24) is 9.71 Å². The van der Waals surface area contributed by atoms with Gasteiger partial charge in [0.25, 0.3) is 0 Å². The first-order valence-corrected chi connectivity index (χ1v) is 13.1. The Labute approximate surface area is 190 Å². The third-order valence-corrected chi connectivity index (χ3v) is 7.25. The molecular formula is C24H30N4O3S. The van der Waals surface area contributed by atoms with Gasteiger partial charge in [-0.05, 0) is 43.6 Å². The third kappa shape index (κ3) is 5.47. The molecule has 4 rings (SSSR count). The van der Waals surface area contributed by atoms with Crippen LogP contribution in [0.2, 0.25) is 0 Å². The second-order valence-corrected chi connectivity index (χ2v) is 10.5. The number of aromatic nitrogens is 1. The van der Waals surface area contributed by atoms with Crippen molar-refractivity contribution < 1.29 is 13.2 Å².